The van der Waals surface area contributed by atoms with Gasteiger partial charge in [-0.2, -0.15) is 5.10 Å². The zero-order valence-corrected chi connectivity index (χ0v) is 18.0. The topological polar surface area (TPSA) is 92.9 Å². The predicted octanol–water partition coefficient (Wildman–Crippen LogP) is 3.23. The molecule has 1 aliphatic heterocycles. The summed E-state index contributed by atoms with van der Waals surface area (Å²) >= 11 is 0. The molecule has 5 rings (SSSR count). The van der Waals surface area contributed by atoms with Gasteiger partial charge in [0.05, 0.1) is 22.9 Å². The van der Waals surface area contributed by atoms with Gasteiger partial charge in [-0.15, -0.1) is 0 Å². The average Bonchev–Trinajstić information content (AvgIpc) is 3.41. The first kappa shape index (κ1) is 21.2. The second kappa shape index (κ2) is 8.72. The number of carbonyl (C=O) groups is 1. The van der Waals surface area contributed by atoms with E-state index in [2.05, 4.69) is 54.5 Å². The molecule has 1 fully saturated rings. The number of piperazine rings is 1. The van der Waals surface area contributed by atoms with E-state index in [4.69, 9.17) is 0 Å². The number of anilines is 1. The van der Waals surface area contributed by atoms with Crippen LogP contribution in [0.5, 0.6) is 0 Å². The highest BCUT2D eigenvalue weighted by atomic mass is 19.1. The van der Waals surface area contributed by atoms with E-state index in [1.807, 2.05) is 6.07 Å². The predicted molar refractivity (Wildman–Crippen MR) is 121 cm³/mol. The van der Waals surface area contributed by atoms with Crippen LogP contribution < -0.4 is 5.32 Å². The zero-order chi connectivity index (χ0) is 22.9. The summed E-state index contributed by atoms with van der Waals surface area (Å²) in [6.45, 7) is 5.03. The van der Waals surface area contributed by atoms with Gasteiger partial charge in [0.2, 0.25) is 0 Å². The third kappa shape index (κ3) is 4.35. The fourth-order valence-electron chi connectivity index (χ4n) is 4.00. The minimum Gasteiger partial charge on any atom is -0.337 e. The summed E-state index contributed by atoms with van der Waals surface area (Å²) in [5.74, 6) is -2.31. The Morgan fingerprint density at radius 3 is 2.64 bits per heavy atom. The summed E-state index contributed by atoms with van der Waals surface area (Å²) in [6, 6.07) is 9.34. The van der Waals surface area contributed by atoms with Crippen molar-refractivity contribution in [3.63, 3.8) is 0 Å². The second-order valence-electron chi connectivity index (χ2n) is 8.23. The van der Waals surface area contributed by atoms with Gasteiger partial charge in [0.25, 0.3) is 5.91 Å². The fraction of sp³-hybridized carbons (Fsp3) is 0.261. The molecule has 3 heterocycles. The number of benzene rings is 2. The normalized spacial score (nSPS) is 15.2. The molecule has 0 saturated carbocycles. The van der Waals surface area contributed by atoms with Crippen LogP contribution in [0.1, 0.15) is 15.9 Å². The number of likely N-dealkylation sites (N-methyl/N-ethyl adjacent to an activating group) is 1. The lowest BCUT2D eigenvalue weighted by molar-refractivity contribution is 0.101. The van der Waals surface area contributed by atoms with Crippen molar-refractivity contribution in [2.75, 3.05) is 38.5 Å². The van der Waals surface area contributed by atoms with Gasteiger partial charge < -0.3 is 15.2 Å². The van der Waals surface area contributed by atoms with Crippen LogP contribution in [-0.2, 0) is 6.54 Å². The number of nitrogens with one attached hydrogen (secondary N) is 3. The van der Waals surface area contributed by atoms with Crippen LogP contribution in [0.4, 0.5) is 14.5 Å². The molecule has 1 aliphatic rings. The lowest BCUT2D eigenvalue weighted by Gasteiger charge is -2.32. The molecular formula is C23H23F2N7O. The number of aromatic amines is 2. The molecule has 2 aromatic carbocycles. The number of H-pyrrole nitrogens is 2. The van der Waals surface area contributed by atoms with E-state index >= 15 is 0 Å². The van der Waals surface area contributed by atoms with Crippen molar-refractivity contribution in [3.8, 4) is 11.5 Å². The molecule has 8 nitrogen and oxygen atoms in total. The maximum atomic E-state index is 14.0. The van der Waals surface area contributed by atoms with E-state index in [0.29, 0.717) is 11.5 Å². The van der Waals surface area contributed by atoms with E-state index in [1.54, 1.807) is 0 Å². The van der Waals surface area contributed by atoms with Gasteiger partial charge in [0.15, 0.2) is 5.82 Å². The molecule has 0 bridgehead atoms. The lowest BCUT2D eigenvalue weighted by Crippen LogP contribution is -2.43. The molecule has 4 aromatic rings. The fourth-order valence-corrected chi connectivity index (χ4v) is 4.00. The van der Waals surface area contributed by atoms with Crippen LogP contribution in [0.3, 0.4) is 0 Å². The first-order valence-electron chi connectivity index (χ1n) is 10.7. The van der Waals surface area contributed by atoms with Crippen molar-refractivity contribution in [2.24, 2.45) is 0 Å². The molecule has 3 N–H and O–H groups in total. The average molecular weight is 451 g/mol. The van der Waals surface area contributed by atoms with Crippen molar-refractivity contribution in [3.05, 3.63) is 65.4 Å². The minimum atomic E-state index is -0.936. The number of halogens is 2. The van der Waals surface area contributed by atoms with Crippen molar-refractivity contribution < 1.29 is 13.6 Å². The van der Waals surface area contributed by atoms with Gasteiger partial charge in [-0.25, -0.2) is 13.8 Å². The molecule has 0 aliphatic carbocycles. The van der Waals surface area contributed by atoms with Crippen molar-refractivity contribution in [1.29, 1.82) is 0 Å². The van der Waals surface area contributed by atoms with Gasteiger partial charge in [-0.05, 0) is 36.9 Å². The van der Waals surface area contributed by atoms with E-state index in [9.17, 15) is 13.6 Å². The first-order valence-corrected chi connectivity index (χ1v) is 10.7. The quantitative estimate of drug-likeness (QED) is 0.433. The third-order valence-electron chi connectivity index (χ3n) is 5.86. The summed E-state index contributed by atoms with van der Waals surface area (Å²) in [7, 11) is 2.13. The maximum Gasteiger partial charge on any atom is 0.261 e. The number of aromatic nitrogens is 4. The van der Waals surface area contributed by atoms with Crippen LogP contribution in [0, 0.1) is 11.6 Å². The van der Waals surface area contributed by atoms with Crippen LogP contribution in [0.15, 0.2) is 42.6 Å². The molecule has 0 unspecified atom stereocenters. The number of nitrogens with zero attached hydrogens (tertiary/aromatic N) is 4. The number of fused-ring (bicyclic) bond motifs is 1. The van der Waals surface area contributed by atoms with Crippen LogP contribution in [0.2, 0.25) is 0 Å². The number of carbonyl (C=O) groups excluding carboxylic acids is 1. The van der Waals surface area contributed by atoms with Gasteiger partial charge >= 0.3 is 0 Å². The Morgan fingerprint density at radius 2 is 1.88 bits per heavy atom. The van der Waals surface area contributed by atoms with Gasteiger partial charge in [-0.1, -0.05) is 12.1 Å². The molecule has 0 radical (unpaired) electrons. The highest BCUT2D eigenvalue weighted by Crippen LogP contribution is 2.27. The number of amides is 1. The molecule has 1 amide bonds. The van der Waals surface area contributed by atoms with E-state index < -0.39 is 23.1 Å². The standard InChI is InChI=1S/C23H23F2N7O/c1-31-7-9-32(10-8-31)13-14-5-6-17-18(11-14)28-22(27-17)21-19(12-26-30-21)29-23(33)20-15(24)3-2-4-16(20)25/h2-6,11-12H,7-10,13H2,1H3,(H,26,30)(H,27,28)(H,29,33). The molecule has 170 valence electrons. The largest absolute Gasteiger partial charge is 0.337 e. The van der Waals surface area contributed by atoms with Gasteiger partial charge in [0.1, 0.15) is 22.9 Å². The number of rotatable bonds is 5. The van der Waals surface area contributed by atoms with Gasteiger partial charge in [0, 0.05) is 32.7 Å². The summed E-state index contributed by atoms with van der Waals surface area (Å²) in [5.41, 5.74) is 2.82. The van der Waals surface area contributed by atoms with Crippen molar-refractivity contribution in [2.45, 2.75) is 6.54 Å². The van der Waals surface area contributed by atoms with Crippen LogP contribution in [0.25, 0.3) is 22.6 Å². The molecule has 33 heavy (non-hydrogen) atoms. The maximum absolute atomic E-state index is 14.0. The Hall–Kier alpha value is -3.63. The Bertz CT molecular complexity index is 1290. The molecular weight excluding hydrogens is 428 g/mol. The third-order valence-corrected chi connectivity index (χ3v) is 5.86. The number of hydrogen-bond donors (Lipinski definition) is 3. The highest BCUT2D eigenvalue weighted by Gasteiger charge is 2.21. The Labute approximate surface area is 188 Å². The molecule has 0 atom stereocenters. The molecule has 0 spiro atoms. The van der Waals surface area contributed by atoms with E-state index in [-0.39, 0.29) is 5.69 Å². The van der Waals surface area contributed by atoms with Crippen molar-refractivity contribution >= 4 is 22.6 Å². The number of hydrogen-bond acceptors (Lipinski definition) is 5. The molecule has 2 aromatic heterocycles. The minimum absolute atomic E-state index is 0.263. The van der Waals surface area contributed by atoms with Crippen LogP contribution >= 0.6 is 0 Å². The van der Waals surface area contributed by atoms with Gasteiger partial charge in [-0.3, -0.25) is 14.8 Å². The monoisotopic (exact) mass is 451 g/mol. The Balaban J connectivity index is 1.37. The van der Waals surface area contributed by atoms with Crippen molar-refractivity contribution in [1.82, 2.24) is 30.0 Å². The smallest absolute Gasteiger partial charge is 0.261 e. The highest BCUT2D eigenvalue weighted by molar-refractivity contribution is 6.06. The summed E-state index contributed by atoms with van der Waals surface area (Å²) in [4.78, 5) is 25.1. The summed E-state index contributed by atoms with van der Waals surface area (Å²) < 4.78 is 27.9. The van der Waals surface area contributed by atoms with E-state index in [1.165, 1.54) is 17.8 Å². The zero-order valence-electron chi connectivity index (χ0n) is 18.0. The first-order chi connectivity index (χ1) is 16.0. The SMILES string of the molecule is CN1CCN(Cc2ccc3nc(-c4[nH]ncc4NC(=O)c4c(F)cccc4F)[nH]c3c2)CC1. The Morgan fingerprint density at radius 1 is 1.12 bits per heavy atom. The Kier molecular flexibility index (Phi) is 5.61. The summed E-state index contributed by atoms with van der Waals surface area (Å²) in [6.07, 6.45) is 1.37. The van der Waals surface area contributed by atoms with E-state index in [0.717, 1.165) is 55.9 Å². The summed E-state index contributed by atoms with van der Waals surface area (Å²) in [5, 5.41) is 9.28. The molecule has 1 saturated heterocycles. The lowest BCUT2D eigenvalue weighted by atomic mass is 10.1. The molecule has 10 heteroatoms. The van der Waals surface area contributed by atoms with Crippen LogP contribution in [-0.4, -0.2) is 69.1 Å². The second-order valence-corrected chi connectivity index (χ2v) is 8.23. The number of imidazole rings is 1.